The van der Waals surface area contributed by atoms with Gasteiger partial charge >= 0.3 is 0 Å². The number of benzene rings is 3. The molecule has 0 unspecified atom stereocenters. The number of hydrazone groups is 1. The molecule has 3 aromatic rings. The number of aromatic hydroxyl groups is 1. The molecule has 0 heterocycles. The van der Waals surface area contributed by atoms with Gasteiger partial charge < -0.3 is 9.84 Å². The van der Waals surface area contributed by atoms with Gasteiger partial charge in [0, 0.05) is 4.47 Å². The number of phenolic OH excluding ortho intramolecular Hbond substituents is 1. The number of nitrogens with zero attached hydrogens (tertiary/aromatic N) is 1. The maximum absolute atomic E-state index is 12.1. The molecule has 136 valence electrons. The SMILES string of the molecule is O=C(N/N=C\c1cccc(OCc2ccccc2)c1)c1cc(Br)ccc1O. The van der Waals surface area contributed by atoms with Crippen LogP contribution in [0.4, 0.5) is 0 Å². The normalized spacial score (nSPS) is 10.7. The van der Waals surface area contributed by atoms with Crippen molar-refractivity contribution in [2.24, 2.45) is 5.10 Å². The van der Waals surface area contributed by atoms with Crippen molar-refractivity contribution >= 4 is 28.1 Å². The van der Waals surface area contributed by atoms with E-state index in [4.69, 9.17) is 4.74 Å². The molecule has 5 nitrogen and oxygen atoms in total. The Morgan fingerprint density at radius 2 is 1.89 bits per heavy atom. The minimum absolute atomic E-state index is 0.109. The first-order valence-corrected chi connectivity index (χ1v) is 9.00. The summed E-state index contributed by atoms with van der Waals surface area (Å²) in [5.74, 6) is 0.0995. The quantitative estimate of drug-likeness (QED) is 0.452. The van der Waals surface area contributed by atoms with Gasteiger partial charge in [0.25, 0.3) is 5.91 Å². The Morgan fingerprint density at radius 3 is 2.70 bits per heavy atom. The highest BCUT2D eigenvalue weighted by molar-refractivity contribution is 9.10. The van der Waals surface area contributed by atoms with Gasteiger partial charge in [-0.1, -0.05) is 58.4 Å². The summed E-state index contributed by atoms with van der Waals surface area (Å²) in [7, 11) is 0. The molecule has 0 saturated carbocycles. The molecule has 0 aromatic heterocycles. The second kappa shape index (κ2) is 9.00. The molecule has 0 aliphatic carbocycles. The molecule has 3 rings (SSSR count). The third-order valence-electron chi connectivity index (χ3n) is 3.69. The van der Waals surface area contributed by atoms with Crippen molar-refractivity contribution in [3.63, 3.8) is 0 Å². The van der Waals surface area contributed by atoms with E-state index in [9.17, 15) is 9.90 Å². The van der Waals surface area contributed by atoms with Crippen molar-refractivity contribution in [1.82, 2.24) is 5.43 Å². The Labute approximate surface area is 165 Å². The zero-order valence-corrected chi connectivity index (χ0v) is 15.9. The summed E-state index contributed by atoms with van der Waals surface area (Å²) in [6.07, 6.45) is 1.52. The summed E-state index contributed by atoms with van der Waals surface area (Å²) in [6, 6.07) is 21.9. The summed E-state index contributed by atoms with van der Waals surface area (Å²) < 4.78 is 6.46. The summed E-state index contributed by atoms with van der Waals surface area (Å²) in [5.41, 5.74) is 4.40. The van der Waals surface area contributed by atoms with Crippen LogP contribution < -0.4 is 10.2 Å². The lowest BCUT2D eigenvalue weighted by Gasteiger charge is -2.07. The maximum Gasteiger partial charge on any atom is 0.275 e. The van der Waals surface area contributed by atoms with Crippen LogP contribution in [0, 0.1) is 0 Å². The molecule has 0 aliphatic heterocycles. The van der Waals surface area contributed by atoms with Gasteiger partial charge in [0.2, 0.25) is 0 Å². The van der Waals surface area contributed by atoms with E-state index in [2.05, 4.69) is 26.5 Å². The fourth-order valence-electron chi connectivity index (χ4n) is 2.34. The van der Waals surface area contributed by atoms with Crippen LogP contribution in [-0.2, 0) is 6.61 Å². The fraction of sp³-hybridized carbons (Fsp3) is 0.0476. The zero-order chi connectivity index (χ0) is 19.1. The molecule has 0 radical (unpaired) electrons. The number of nitrogens with one attached hydrogen (secondary N) is 1. The Bertz CT molecular complexity index is 959. The summed E-state index contributed by atoms with van der Waals surface area (Å²) in [4.78, 5) is 12.1. The molecule has 0 atom stereocenters. The van der Waals surface area contributed by atoms with E-state index in [1.165, 1.54) is 18.3 Å². The third kappa shape index (κ3) is 5.43. The average Bonchev–Trinajstić information content (AvgIpc) is 2.69. The number of hydrogen-bond acceptors (Lipinski definition) is 4. The Balaban J connectivity index is 1.60. The predicted molar refractivity (Wildman–Crippen MR) is 108 cm³/mol. The van der Waals surface area contributed by atoms with Gasteiger partial charge in [-0.05, 0) is 41.5 Å². The second-order valence-corrected chi connectivity index (χ2v) is 6.62. The molecule has 0 spiro atoms. The highest BCUT2D eigenvalue weighted by Gasteiger charge is 2.10. The number of carbonyl (C=O) groups excluding carboxylic acids is 1. The van der Waals surface area contributed by atoms with Gasteiger partial charge in [0.15, 0.2) is 0 Å². The van der Waals surface area contributed by atoms with Crippen molar-refractivity contribution in [1.29, 1.82) is 0 Å². The first-order chi connectivity index (χ1) is 13.1. The van der Waals surface area contributed by atoms with Crippen LogP contribution in [0.25, 0.3) is 0 Å². The molecule has 0 aliphatic rings. The van der Waals surface area contributed by atoms with Gasteiger partial charge in [-0.3, -0.25) is 4.79 Å². The maximum atomic E-state index is 12.1. The highest BCUT2D eigenvalue weighted by atomic mass is 79.9. The van der Waals surface area contributed by atoms with Crippen molar-refractivity contribution in [2.75, 3.05) is 0 Å². The standard InChI is InChI=1S/C21H17BrN2O3/c22-17-9-10-20(25)19(12-17)21(26)24-23-13-16-7-4-8-18(11-16)27-14-15-5-2-1-3-6-15/h1-13,25H,14H2,(H,24,26)/b23-13-. The van der Waals surface area contributed by atoms with Crippen LogP contribution in [0.15, 0.2) is 82.4 Å². The number of carbonyl (C=O) groups is 1. The van der Waals surface area contributed by atoms with Crippen LogP contribution in [0.1, 0.15) is 21.5 Å². The largest absolute Gasteiger partial charge is 0.507 e. The topological polar surface area (TPSA) is 70.9 Å². The van der Waals surface area contributed by atoms with Gasteiger partial charge in [-0.2, -0.15) is 5.10 Å². The zero-order valence-electron chi connectivity index (χ0n) is 14.3. The average molecular weight is 425 g/mol. The summed E-state index contributed by atoms with van der Waals surface area (Å²) >= 11 is 3.27. The Morgan fingerprint density at radius 1 is 1.07 bits per heavy atom. The van der Waals surface area contributed by atoms with Crippen LogP contribution in [0.2, 0.25) is 0 Å². The molecule has 27 heavy (non-hydrogen) atoms. The molecule has 0 bridgehead atoms. The smallest absolute Gasteiger partial charge is 0.275 e. The molecular weight excluding hydrogens is 408 g/mol. The van der Waals surface area contributed by atoms with Crippen molar-refractivity contribution < 1.29 is 14.6 Å². The monoisotopic (exact) mass is 424 g/mol. The van der Waals surface area contributed by atoms with Crippen molar-refractivity contribution in [3.8, 4) is 11.5 Å². The minimum Gasteiger partial charge on any atom is -0.507 e. The first kappa shape index (κ1) is 18.7. The van der Waals surface area contributed by atoms with E-state index < -0.39 is 5.91 Å². The fourth-order valence-corrected chi connectivity index (χ4v) is 2.70. The number of phenols is 1. The lowest BCUT2D eigenvalue weighted by molar-refractivity contribution is 0.0952. The van der Waals surface area contributed by atoms with Crippen molar-refractivity contribution in [2.45, 2.75) is 6.61 Å². The molecular formula is C21H17BrN2O3. The molecule has 1 amide bonds. The van der Waals surface area contributed by atoms with Gasteiger partial charge in [-0.15, -0.1) is 0 Å². The summed E-state index contributed by atoms with van der Waals surface area (Å²) in [5, 5.41) is 13.7. The number of rotatable bonds is 6. The van der Waals surface area contributed by atoms with Gasteiger partial charge in [0.1, 0.15) is 18.1 Å². The van der Waals surface area contributed by atoms with Crippen molar-refractivity contribution in [3.05, 3.63) is 94.0 Å². The first-order valence-electron chi connectivity index (χ1n) is 8.20. The number of hydrogen-bond donors (Lipinski definition) is 2. The van der Waals surface area contributed by atoms with E-state index >= 15 is 0 Å². The minimum atomic E-state index is -0.499. The number of ether oxygens (including phenoxy) is 1. The van der Waals surface area contributed by atoms with Crippen LogP contribution in [0.3, 0.4) is 0 Å². The van der Waals surface area contributed by atoms with E-state index in [1.807, 2.05) is 54.6 Å². The third-order valence-corrected chi connectivity index (χ3v) is 4.18. The number of halogens is 1. The lowest BCUT2D eigenvalue weighted by Crippen LogP contribution is -2.17. The van der Waals surface area contributed by atoms with Crippen LogP contribution in [0.5, 0.6) is 11.5 Å². The molecule has 3 aromatic carbocycles. The van der Waals surface area contributed by atoms with E-state index in [-0.39, 0.29) is 11.3 Å². The second-order valence-electron chi connectivity index (χ2n) is 5.71. The van der Waals surface area contributed by atoms with E-state index in [1.54, 1.807) is 6.07 Å². The molecule has 0 fully saturated rings. The molecule has 0 saturated heterocycles. The molecule has 2 N–H and O–H groups in total. The predicted octanol–water partition coefficient (Wildman–Crippen LogP) is 4.50. The lowest BCUT2D eigenvalue weighted by atomic mass is 10.2. The summed E-state index contributed by atoms with van der Waals surface area (Å²) in [6.45, 7) is 0.473. The van der Waals surface area contributed by atoms with Gasteiger partial charge in [-0.25, -0.2) is 5.43 Å². The van der Waals surface area contributed by atoms with Gasteiger partial charge in [0.05, 0.1) is 11.8 Å². The molecule has 6 heteroatoms. The van der Waals surface area contributed by atoms with E-state index in [0.29, 0.717) is 16.8 Å². The number of amides is 1. The van der Waals surface area contributed by atoms with Crippen LogP contribution >= 0.6 is 15.9 Å². The highest BCUT2D eigenvalue weighted by Crippen LogP contribution is 2.21. The van der Waals surface area contributed by atoms with Crippen LogP contribution in [-0.4, -0.2) is 17.2 Å². The Kier molecular flexibility index (Phi) is 6.22. The van der Waals surface area contributed by atoms with E-state index in [0.717, 1.165) is 11.1 Å². The Hall–Kier alpha value is -3.12.